The van der Waals surface area contributed by atoms with Crippen LogP contribution in [-0.2, 0) is 16.0 Å². The highest BCUT2D eigenvalue weighted by Gasteiger charge is 2.19. The van der Waals surface area contributed by atoms with E-state index in [4.69, 9.17) is 10.00 Å². The van der Waals surface area contributed by atoms with Crippen LogP contribution in [0.4, 0.5) is 5.69 Å². The summed E-state index contributed by atoms with van der Waals surface area (Å²) in [5, 5.41) is 11.6. The minimum Gasteiger partial charge on any atom is -0.449 e. The molecule has 0 aliphatic heterocycles. The summed E-state index contributed by atoms with van der Waals surface area (Å²) in [5.74, 6) is -1.05. The minimum atomic E-state index is -0.977. The van der Waals surface area contributed by atoms with E-state index in [0.29, 0.717) is 16.8 Å². The molecule has 2 rings (SSSR count). The van der Waals surface area contributed by atoms with E-state index >= 15 is 0 Å². The Morgan fingerprint density at radius 3 is 2.46 bits per heavy atom. The van der Waals surface area contributed by atoms with Crippen molar-refractivity contribution in [3.05, 3.63) is 65.2 Å². The van der Waals surface area contributed by atoms with Crippen LogP contribution in [0.5, 0.6) is 0 Å². The number of hydrogen-bond donors (Lipinski definition) is 1. The summed E-state index contributed by atoms with van der Waals surface area (Å²) in [6.07, 6.45) is -0.0954. The third-order valence-corrected chi connectivity index (χ3v) is 3.56. The van der Waals surface area contributed by atoms with Crippen molar-refractivity contribution in [3.63, 3.8) is 0 Å². The van der Waals surface area contributed by atoms with Crippen molar-refractivity contribution in [1.82, 2.24) is 0 Å². The van der Waals surface area contributed by atoms with Gasteiger partial charge in [-0.15, -0.1) is 0 Å². The van der Waals surface area contributed by atoms with Crippen molar-refractivity contribution in [3.8, 4) is 6.07 Å². The molecule has 2 aromatic rings. The highest BCUT2D eigenvalue weighted by atomic mass is 16.5. The number of anilines is 1. The molecule has 0 unspecified atom stereocenters. The van der Waals surface area contributed by atoms with E-state index in [9.17, 15) is 9.59 Å². The van der Waals surface area contributed by atoms with Crippen LogP contribution in [0, 0.1) is 11.3 Å². The Labute approximate surface area is 140 Å². The zero-order chi connectivity index (χ0) is 17.5. The fraction of sp³-hybridized carbons (Fsp3) is 0.211. The third-order valence-electron chi connectivity index (χ3n) is 3.56. The molecule has 24 heavy (non-hydrogen) atoms. The lowest BCUT2D eigenvalue weighted by atomic mass is 10.1. The molecule has 0 heterocycles. The largest absolute Gasteiger partial charge is 0.449 e. The lowest BCUT2D eigenvalue weighted by Gasteiger charge is -2.14. The van der Waals surface area contributed by atoms with Crippen LogP contribution < -0.4 is 5.32 Å². The number of hydrogen-bond acceptors (Lipinski definition) is 4. The minimum absolute atomic E-state index is 0.347. The summed E-state index contributed by atoms with van der Waals surface area (Å²) in [7, 11) is 0. The van der Waals surface area contributed by atoms with E-state index in [0.717, 1.165) is 12.0 Å². The van der Waals surface area contributed by atoms with Crippen molar-refractivity contribution in [2.45, 2.75) is 26.4 Å². The molecule has 0 fully saturated rings. The first kappa shape index (κ1) is 17.2. The zero-order valence-corrected chi connectivity index (χ0v) is 13.6. The molecule has 1 amide bonds. The summed E-state index contributed by atoms with van der Waals surface area (Å²) in [6, 6.07) is 15.7. The molecule has 122 valence electrons. The number of amides is 1. The smallest absolute Gasteiger partial charge is 0.338 e. The van der Waals surface area contributed by atoms with Crippen LogP contribution in [0.25, 0.3) is 0 Å². The van der Waals surface area contributed by atoms with Gasteiger partial charge in [-0.05, 0) is 43.2 Å². The Hall–Kier alpha value is -3.13. The van der Waals surface area contributed by atoms with Crippen molar-refractivity contribution in [2.24, 2.45) is 0 Å². The van der Waals surface area contributed by atoms with E-state index in [1.807, 2.05) is 25.1 Å². The normalized spacial score (nSPS) is 11.2. The van der Waals surface area contributed by atoms with Gasteiger partial charge >= 0.3 is 5.97 Å². The fourth-order valence-corrected chi connectivity index (χ4v) is 2.08. The highest BCUT2D eigenvalue weighted by Crippen LogP contribution is 2.15. The second kappa shape index (κ2) is 7.93. The Morgan fingerprint density at radius 1 is 1.17 bits per heavy atom. The predicted octanol–water partition coefficient (Wildman–Crippen LogP) is 3.30. The summed E-state index contributed by atoms with van der Waals surface area (Å²) < 4.78 is 5.18. The number of aryl methyl sites for hydroxylation is 1. The molecular formula is C19H18N2O3. The van der Waals surface area contributed by atoms with Crippen molar-refractivity contribution in [1.29, 1.82) is 5.26 Å². The van der Waals surface area contributed by atoms with Gasteiger partial charge in [0.2, 0.25) is 0 Å². The summed E-state index contributed by atoms with van der Waals surface area (Å²) in [5.41, 5.74) is 2.24. The predicted molar refractivity (Wildman–Crippen MR) is 90.5 cm³/mol. The molecular weight excluding hydrogens is 304 g/mol. The molecule has 0 aliphatic rings. The number of rotatable bonds is 5. The molecule has 0 spiro atoms. The van der Waals surface area contributed by atoms with Gasteiger partial charge < -0.3 is 10.1 Å². The molecule has 0 saturated carbocycles. The second-order valence-corrected chi connectivity index (χ2v) is 5.24. The van der Waals surface area contributed by atoms with Gasteiger partial charge in [0, 0.05) is 0 Å². The van der Waals surface area contributed by atoms with Gasteiger partial charge in [-0.25, -0.2) is 4.79 Å². The molecule has 1 atom stereocenters. The number of carbonyl (C=O) groups excluding carboxylic acids is 2. The Morgan fingerprint density at radius 2 is 1.83 bits per heavy atom. The number of para-hydroxylation sites is 1. The molecule has 5 heteroatoms. The summed E-state index contributed by atoms with van der Waals surface area (Å²) in [4.78, 5) is 24.2. The third kappa shape index (κ3) is 4.20. The van der Waals surface area contributed by atoms with Crippen LogP contribution in [0.2, 0.25) is 0 Å². The lowest BCUT2D eigenvalue weighted by Crippen LogP contribution is -2.30. The SMILES string of the molecule is CCc1ccc(C(=O)O[C@H](C)C(=O)Nc2ccccc2C#N)cc1. The van der Waals surface area contributed by atoms with Crippen LogP contribution in [0.3, 0.4) is 0 Å². The van der Waals surface area contributed by atoms with Gasteiger partial charge in [0.1, 0.15) is 6.07 Å². The van der Waals surface area contributed by atoms with Gasteiger partial charge in [0.05, 0.1) is 16.8 Å². The molecule has 0 bridgehead atoms. The van der Waals surface area contributed by atoms with Crippen LogP contribution >= 0.6 is 0 Å². The number of benzene rings is 2. The second-order valence-electron chi connectivity index (χ2n) is 5.24. The molecule has 0 aliphatic carbocycles. The quantitative estimate of drug-likeness (QED) is 0.857. The Bertz CT molecular complexity index is 776. The first-order chi connectivity index (χ1) is 11.5. The van der Waals surface area contributed by atoms with Gasteiger partial charge in [-0.1, -0.05) is 31.2 Å². The number of nitriles is 1. The number of ether oxygens (including phenoxy) is 1. The van der Waals surface area contributed by atoms with E-state index in [2.05, 4.69) is 5.32 Å². The summed E-state index contributed by atoms with van der Waals surface area (Å²) >= 11 is 0. The monoisotopic (exact) mass is 322 g/mol. The van der Waals surface area contributed by atoms with E-state index in [1.165, 1.54) is 6.92 Å². The van der Waals surface area contributed by atoms with E-state index in [1.54, 1.807) is 36.4 Å². The zero-order valence-electron chi connectivity index (χ0n) is 13.6. The van der Waals surface area contributed by atoms with E-state index in [-0.39, 0.29) is 0 Å². The van der Waals surface area contributed by atoms with Crippen molar-refractivity contribution < 1.29 is 14.3 Å². The van der Waals surface area contributed by atoms with E-state index < -0.39 is 18.0 Å². The molecule has 0 radical (unpaired) electrons. The highest BCUT2D eigenvalue weighted by molar-refractivity contribution is 5.98. The molecule has 0 saturated heterocycles. The topological polar surface area (TPSA) is 79.2 Å². The first-order valence-electron chi connectivity index (χ1n) is 7.65. The maximum Gasteiger partial charge on any atom is 0.338 e. The van der Waals surface area contributed by atoms with Crippen LogP contribution in [0.15, 0.2) is 48.5 Å². The average molecular weight is 322 g/mol. The maximum atomic E-state index is 12.2. The maximum absolute atomic E-state index is 12.2. The molecule has 2 aromatic carbocycles. The van der Waals surface area contributed by atoms with Crippen LogP contribution in [0.1, 0.15) is 35.3 Å². The number of nitrogens with one attached hydrogen (secondary N) is 1. The fourth-order valence-electron chi connectivity index (χ4n) is 2.08. The molecule has 5 nitrogen and oxygen atoms in total. The molecule has 1 N–H and O–H groups in total. The van der Waals surface area contributed by atoms with Crippen molar-refractivity contribution >= 4 is 17.6 Å². The van der Waals surface area contributed by atoms with Gasteiger partial charge in [0.15, 0.2) is 6.10 Å². The first-order valence-corrected chi connectivity index (χ1v) is 7.65. The average Bonchev–Trinajstić information content (AvgIpc) is 2.62. The standard InChI is InChI=1S/C19H18N2O3/c1-3-14-8-10-15(11-9-14)19(23)24-13(2)18(22)21-17-7-5-4-6-16(17)12-20/h4-11,13H,3H2,1-2H3,(H,21,22)/t13-/m1/s1. The van der Waals surface area contributed by atoms with Crippen molar-refractivity contribution in [2.75, 3.05) is 5.32 Å². The van der Waals surface area contributed by atoms with Gasteiger partial charge in [-0.2, -0.15) is 5.26 Å². The summed E-state index contributed by atoms with van der Waals surface area (Å²) in [6.45, 7) is 3.52. The number of carbonyl (C=O) groups is 2. The Balaban J connectivity index is 2.00. The van der Waals surface area contributed by atoms with Gasteiger partial charge in [0.25, 0.3) is 5.91 Å². The van der Waals surface area contributed by atoms with Gasteiger partial charge in [-0.3, -0.25) is 4.79 Å². The number of esters is 1. The lowest BCUT2D eigenvalue weighted by molar-refractivity contribution is -0.123. The van der Waals surface area contributed by atoms with Crippen LogP contribution in [-0.4, -0.2) is 18.0 Å². The Kier molecular flexibility index (Phi) is 5.69. The number of nitrogens with zero attached hydrogens (tertiary/aromatic N) is 1. The molecule has 0 aromatic heterocycles.